The SMILES string of the molecule is CCOC(=O)CC1CCN(Cc2ccc(-c3noc(-c4ccc(OC5CCCC5)c(C#N)c4)n3)cc2)CC1. The maximum Gasteiger partial charge on any atom is 0.306 e. The van der Waals surface area contributed by atoms with E-state index in [0.717, 1.165) is 50.9 Å². The second-order valence-corrected chi connectivity index (χ2v) is 10.2. The van der Waals surface area contributed by atoms with E-state index in [-0.39, 0.29) is 12.1 Å². The lowest BCUT2D eigenvalue weighted by molar-refractivity contribution is -0.144. The second-order valence-electron chi connectivity index (χ2n) is 10.2. The zero-order valence-corrected chi connectivity index (χ0v) is 21.9. The Morgan fingerprint density at radius 1 is 1.08 bits per heavy atom. The second kappa shape index (κ2) is 12.2. The lowest BCUT2D eigenvalue weighted by Gasteiger charge is -2.31. The number of hydrogen-bond acceptors (Lipinski definition) is 8. The third-order valence-electron chi connectivity index (χ3n) is 7.45. The van der Waals surface area contributed by atoms with Crippen LogP contribution in [0.1, 0.15) is 63.0 Å². The molecule has 198 valence electrons. The number of benzene rings is 2. The van der Waals surface area contributed by atoms with Gasteiger partial charge in [0.25, 0.3) is 5.89 Å². The van der Waals surface area contributed by atoms with Crippen LogP contribution in [0, 0.1) is 17.2 Å². The first-order chi connectivity index (χ1) is 18.6. The van der Waals surface area contributed by atoms with E-state index < -0.39 is 0 Å². The Labute approximate surface area is 223 Å². The highest BCUT2D eigenvalue weighted by molar-refractivity contribution is 5.69. The molecule has 1 saturated carbocycles. The molecule has 3 aromatic rings. The zero-order valence-electron chi connectivity index (χ0n) is 21.9. The molecule has 8 nitrogen and oxygen atoms in total. The van der Waals surface area contributed by atoms with Crippen molar-refractivity contribution in [2.45, 2.75) is 64.5 Å². The third-order valence-corrected chi connectivity index (χ3v) is 7.45. The fourth-order valence-electron chi connectivity index (χ4n) is 5.32. The van der Waals surface area contributed by atoms with E-state index in [2.05, 4.69) is 33.2 Å². The Morgan fingerprint density at radius 3 is 2.53 bits per heavy atom. The number of ether oxygens (including phenoxy) is 2. The molecular weight excluding hydrogens is 480 g/mol. The van der Waals surface area contributed by atoms with Crippen LogP contribution < -0.4 is 4.74 Å². The number of carbonyl (C=O) groups is 1. The van der Waals surface area contributed by atoms with Crippen LogP contribution in [0.4, 0.5) is 0 Å². The Balaban J connectivity index is 1.17. The topological polar surface area (TPSA) is 101 Å². The van der Waals surface area contributed by atoms with Crippen LogP contribution in [-0.2, 0) is 16.1 Å². The number of nitrogens with zero attached hydrogens (tertiary/aromatic N) is 4. The molecular formula is C30H34N4O4. The van der Waals surface area contributed by atoms with Crippen molar-refractivity contribution in [3.05, 3.63) is 53.6 Å². The first kappa shape index (κ1) is 25.9. The normalized spacial score (nSPS) is 16.8. The lowest BCUT2D eigenvalue weighted by Crippen LogP contribution is -2.34. The molecule has 1 saturated heterocycles. The predicted molar refractivity (Wildman–Crippen MR) is 142 cm³/mol. The summed E-state index contributed by atoms with van der Waals surface area (Å²) >= 11 is 0. The van der Waals surface area contributed by atoms with Gasteiger partial charge in [0.15, 0.2) is 0 Å². The summed E-state index contributed by atoms with van der Waals surface area (Å²) in [5.41, 5.74) is 3.27. The fourth-order valence-corrected chi connectivity index (χ4v) is 5.32. The summed E-state index contributed by atoms with van der Waals surface area (Å²) in [4.78, 5) is 18.7. The molecule has 0 radical (unpaired) electrons. The average Bonchev–Trinajstić information content (AvgIpc) is 3.64. The number of likely N-dealkylation sites (tertiary alicyclic amines) is 1. The molecule has 2 fully saturated rings. The Kier molecular flexibility index (Phi) is 8.34. The van der Waals surface area contributed by atoms with Crippen LogP contribution in [0.5, 0.6) is 5.75 Å². The average molecular weight is 515 g/mol. The molecule has 2 aliphatic rings. The van der Waals surface area contributed by atoms with Gasteiger partial charge in [-0.1, -0.05) is 29.4 Å². The maximum atomic E-state index is 11.7. The van der Waals surface area contributed by atoms with Gasteiger partial charge in [-0.2, -0.15) is 10.2 Å². The number of rotatable bonds is 9. The maximum absolute atomic E-state index is 11.7. The van der Waals surface area contributed by atoms with Gasteiger partial charge in [-0.3, -0.25) is 9.69 Å². The number of carbonyl (C=O) groups excluding carboxylic acids is 1. The zero-order chi connectivity index (χ0) is 26.3. The minimum Gasteiger partial charge on any atom is -0.489 e. The molecule has 38 heavy (non-hydrogen) atoms. The minimum absolute atomic E-state index is 0.0815. The van der Waals surface area contributed by atoms with Crippen molar-refractivity contribution in [2.24, 2.45) is 5.92 Å². The van der Waals surface area contributed by atoms with E-state index in [1.165, 1.54) is 18.4 Å². The van der Waals surface area contributed by atoms with Gasteiger partial charge in [0, 0.05) is 24.1 Å². The summed E-state index contributed by atoms with van der Waals surface area (Å²) in [6, 6.07) is 15.9. The summed E-state index contributed by atoms with van der Waals surface area (Å²) in [7, 11) is 0. The Bertz CT molecular complexity index is 1270. The van der Waals surface area contributed by atoms with Gasteiger partial charge in [-0.05, 0) is 88.2 Å². The summed E-state index contributed by atoms with van der Waals surface area (Å²) < 4.78 is 16.7. The number of esters is 1. The number of hydrogen-bond donors (Lipinski definition) is 0. The molecule has 0 amide bonds. The van der Waals surface area contributed by atoms with Gasteiger partial charge < -0.3 is 14.0 Å². The van der Waals surface area contributed by atoms with E-state index in [0.29, 0.717) is 47.5 Å². The largest absolute Gasteiger partial charge is 0.489 e. The minimum atomic E-state index is -0.0815. The monoisotopic (exact) mass is 514 g/mol. The smallest absolute Gasteiger partial charge is 0.306 e. The number of piperidine rings is 1. The fraction of sp³-hybridized carbons (Fsp3) is 0.467. The van der Waals surface area contributed by atoms with Gasteiger partial charge >= 0.3 is 5.97 Å². The third kappa shape index (κ3) is 6.40. The van der Waals surface area contributed by atoms with E-state index in [1.807, 2.05) is 31.2 Å². The molecule has 1 aromatic heterocycles. The molecule has 0 bridgehead atoms. The highest BCUT2D eigenvalue weighted by Gasteiger charge is 2.22. The molecule has 1 aliphatic carbocycles. The van der Waals surface area contributed by atoms with Gasteiger partial charge in [0.2, 0.25) is 5.82 Å². The predicted octanol–water partition coefficient (Wildman–Crippen LogP) is 5.76. The molecule has 2 aromatic carbocycles. The van der Waals surface area contributed by atoms with Crippen LogP contribution in [0.2, 0.25) is 0 Å². The van der Waals surface area contributed by atoms with Crippen LogP contribution in [0.3, 0.4) is 0 Å². The quantitative estimate of drug-likeness (QED) is 0.332. The summed E-state index contributed by atoms with van der Waals surface area (Å²) in [5.74, 6) is 1.83. The van der Waals surface area contributed by atoms with E-state index in [4.69, 9.17) is 14.0 Å². The molecule has 1 aliphatic heterocycles. The molecule has 0 spiro atoms. The van der Waals surface area contributed by atoms with Crippen molar-refractivity contribution in [1.82, 2.24) is 15.0 Å². The van der Waals surface area contributed by atoms with E-state index in [9.17, 15) is 10.1 Å². The Morgan fingerprint density at radius 2 is 1.82 bits per heavy atom. The van der Waals surface area contributed by atoms with Crippen LogP contribution in [0.15, 0.2) is 47.0 Å². The first-order valence-corrected chi connectivity index (χ1v) is 13.6. The lowest BCUT2D eigenvalue weighted by atomic mass is 9.93. The standard InChI is InChI=1S/C30H34N4O4/c1-2-36-28(35)17-21-13-15-34(16-14-21)20-22-7-9-23(10-8-22)29-32-30(38-33-29)24-11-12-27(25(18-24)19-31)37-26-5-3-4-6-26/h7-12,18,21,26H,2-6,13-17,20H2,1H3. The van der Waals surface area contributed by atoms with Crippen molar-refractivity contribution in [1.29, 1.82) is 5.26 Å². The molecule has 0 atom stereocenters. The summed E-state index contributed by atoms with van der Waals surface area (Å²) in [6.45, 7) is 5.13. The van der Waals surface area contributed by atoms with Crippen LogP contribution in [0.25, 0.3) is 22.8 Å². The molecule has 5 rings (SSSR count). The van der Waals surface area contributed by atoms with E-state index >= 15 is 0 Å². The van der Waals surface area contributed by atoms with Crippen molar-refractivity contribution in [3.8, 4) is 34.7 Å². The van der Waals surface area contributed by atoms with Gasteiger partial charge in [0.1, 0.15) is 11.8 Å². The molecule has 0 unspecified atom stereocenters. The Hall–Kier alpha value is -3.70. The number of nitriles is 1. The molecule has 2 heterocycles. The van der Waals surface area contributed by atoms with Crippen molar-refractivity contribution in [2.75, 3.05) is 19.7 Å². The summed E-state index contributed by atoms with van der Waals surface area (Å²) in [6.07, 6.45) is 7.17. The summed E-state index contributed by atoms with van der Waals surface area (Å²) in [5, 5.41) is 13.8. The van der Waals surface area contributed by atoms with Gasteiger partial charge in [-0.25, -0.2) is 0 Å². The first-order valence-electron chi connectivity index (χ1n) is 13.6. The van der Waals surface area contributed by atoms with Crippen LogP contribution >= 0.6 is 0 Å². The number of aromatic nitrogens is 2. The van der Waals surface area contributed by atoms with Gasteiger partial charge in [-0.15, -0.1) is 0 Å². The van der Waals surface area contributed by atoms with Crippen molar-refractivity contribution >= 4 is 5.97 Å². The molecule has 8 heteroatoms. The van der Waals surface area contributed by atoms with E-state index in [1.54, 1.807) is 6.07 Å². The van der Waals surface area contributed by atoms with Crippen molar-refractivity contribution < 1.29 is 18.8 Å². The van der Waals surface area contributed by atoms with Gasteiger partial charge in [0.05, 0.1) is 18.3 Å². The van der Waals surface area contributed by atoms with Crippen LogP contribution in [-0.4, -0.2) is 46.8 Å². The molecule has 0 N–H and O–H groups in total. The highest BCUT2D eigenvalue weighted by Crippen LogP contribution is 2.31. The van der Waals surface area contributed by atoms with Crippen molar-refractivity contribution in [3.63, 3.8) is 0 Å². The highest BCUT2D eigenvalue weighted by atomic mass is 16.5.